The highest BCUT2D eigenvalue weighted by molar-refractivity contribution is 5.81. The molecule has 1 amide bonds. The van der Waals surface area contributed by atoms with Crippen molar-refractivity contribution in [1.82, 2.24) is 5.32 Å². The summed E-state index contributed by atoms with van der Waals surface area (Å²) in [5, 5.41) is 3.18. The summed E-state index contributed by atoms with van der Waals surface area (Å²) in [4.78, 5) is 11.8. The summed E-state index contributed by atoms with van der Waals surface area (Å²) >= 11 is 0. The Morgan fingerprint density at radius 1 is 1.47 bits per heavy atom. The second kappa shape index (κ2) is 3.95. The molecule has 4 atom stereocenters. The Morgan fingerprint density at radius 2 is 2.18 bits per heavy atom. The highest BCUT2D eigenvalue weighted by atomic mass is 16.5. The van der Waals surface area contributed by atoms with Crippen LogP contribution in [0.2, 0.25) is 0 Å². The quantitative estimate of drug-likeness (QED) is 0.748. The van der Waals surface area contributed by atoms with Gasteiger partial charge in [0.25, 0.3) is 0 Å². The minimum absolute atomic E-state index is 0.00775. The van der Waals surface area contributed by atoms with Crippen molar-refractivity contribution in [3.63, 3.8) is 0 Å². The van der Waals surface area contributed by atoms with Crippen LogP contribution in [0.25, 0.3) is 0 Å². The van der Waals surface area contributed by atoms with Gasteiger partial charge in [-0.1, -0.05) is 12.8 Å². The zero-order valence-electron chi connectivity index (χ0n) is 10.4. The van der Waals surface area contributed by atoms with Gasteiger partial charge in [-0.25, -0.2) is 0 Å². The lowest BCUT2D eigenvalue weighted by atomic mass is 9.54. The standard InChI is InChI=1S/C13H22N2O2/c1-8(14)12(16)15-10-9-4-7-17-11(9)13(10)5-2-3-6-13/h8-11H,2-7,14H2,1H3,(H,15,16). The second-order valence-electron chi connectivity index (χ2n) is 5.96. The normalized spacial score (nSPS) is 39.8. The maximum absolute atomic E-state index is 11.8. The first-order valence-corrected chi connectivity index (χ1v) is 6.83. The van der Waals surface area contributed by atoms with Gasteiger partial charge in [-0.3, -0.25) is 4.79 Å². The highest BCUT2D eigenvalue weighted by Crippen LogP contribution is 2.60. The van der Waals surface area contributed by atoms with E-state index in [1.165, 1.54) is 25.7 Å². The lowest BCUT2D eigenvalue weighted by molar-refractivity contribution is -0.146. The summed E-state index contributed by atoms with van der Waals surface area (Å²) in [7, 11) is 0. The number of hydrogen-bond acceptors (Lipinski definition) is 3. The summed E-state index contributed by atoms with van der Waals surface area (Å²) < 4.78 is 5.88. The Balaban J connectivity index is 1.75. The summed E-state index contributed by atoms with van der Waals surface area (Å²) in [6, 6.07) is -0.0918. The third-order valence-corrected chi connectivity index (χ3v) is 5.00. The van der Waals surface area contributed by atoms with Crippen LogP contribution >= 0.6 is 0 Å². The average Bonchev–Trinajstić information content (AvgIpc) is 2.93. The third kappa shape index (κ3) is 1.54. The molecule has 1 spiro atoms. The first-order chi connectivity index (χ1) is 8.15. The number of hydrogen-bond donors (Lipinski definition) is 2. The van der Waals surface area contributed by atoms with Gasteiger partial charge in [-0.15, -0.1) is 0 Å². The molecule has 4 nitrogen and oxygen atoms in total. The van der Waals surface area contributed by atoms with Gasteiger partial charge in [-0.2, -0.15) is 0 Å². The zero-order valence-corrected chi connectivity index (χ0v) is 10.4. The third-order valence-electron chi connectivity index (χ3n) is 5.00. The van der Waals surface area contributed by atoms with Crippen LogP contribution in [0.5, 0.6) is 0 Å². The molecular weight excluding hydrogens is 216 g/mol. The Labute approximate surface area is 102 Å². The summed E-state index contributed by atoms with van der Waals surface area (Å²) in [5.41, 5.74) is 5.89. The van der Waals surface area contributed by atoms with E-state index in [0.29, 0.717) is 18.1 Å². The van der Waals surface area contributed by atoms with Crippen LogP contribution in [0.3, 0.4) is 0 Å². The molecule has 0 aromatic rings. The molecule has 0 radical (unpaired) electrons. The Kier molecular flexibility index (Phi) is 2.67. The van der Waals surface area contributed by atoms with E-state index in [9.17, 15) is 4.79 Å². The van der Waals surface area contributed by atoms with Crippen molar-refractivity contribution in [3.8, 4) is 0 Å². The molecule has 0 aromatic heterocycles. The smallest absolute Gasteiger partial charge is 0.236 e. The Morgan fingerprint density at radius 3 is 2.82 bits per heavy atom. The fourth-order valence-electron chi connectivity index (χ4n) is 4.19. The van der Waals surface area contributed by atoms with Gasteiger partial charge in [0, 0.05) is 24.0 Å². The molecule has 2 saturated carbocycles. The molecule has 0 bridgehead atoms. The number of carbonyl (C=O) groups excluding carboxylic acids is 1. The van der Waals surface area contributed by atoms with E-state index in [4.69, 9.17) is 10.5 Å². The van der Waals surface area contributed by atoms with Crippen molar-refractivity contribution in [2.45, 2.75) is 57.2 Å². The van der Waals surface area contributed by atoms with E-state index in [-0.39, 0.29) is 11.3 Å². The molecular formula is C13H22N2O2. The minimum atomic E-state index is -0.408. The van der Waals surface area contributed by atoms with Crippen molar-refractivity contribution in [2.24, 2.45) is 17.1 Å². The molecule has 2 aliphatic carbocycles. The van der Waals surface area contributed by atoms with Crippen molar-refractivity contribution in [1.29, 1.82) is 0 Å². The van der Waals surface area contributed by atoms with Crippen LogP contribution in [0.15, 0.2) is 0 Å². The number of fused-ring (bicyclic) bond motifs is 2. The number of rotatable bonds is 2. The summed E-state index contributed by atoms with van der Waals surface area (Å²) in [6.45, 7) is 2.61. The number of amides is 1. The molecule has 3 aliphatic rings. The summed E-state index contributed by atoms with van der Waals surface area (Å²) in [6.07, 6.45) is 6.46. The molecule has 3 rings (SSSR count). The van der Waals surface area contributed by atoms with Crippen LogP contribution in [-0.4, -0.2) is 30.7 Å². The number of nitrogens with two attached hydrogens (primary N) is 1. The predicted octanol–water partition coefficient (Wildman–Crippen LogP) is 0.797. The van der Waals surface area contributed by atoms with E-state index in [1.807, 2.05) is 0 Å². The van der Waals surface area contributed by atoms with E-state index >= 15 is 0 Å². The van der Waals surface area contributed by atoms with Crippen molar-refractivity contribution in [3.05, 3.63) is 0 Å². The minimum Gasteiger partial charge on any atom is -0.377 e. The SMILES string of the molecule is CC(N)C(=O)NC1C2CCOC2C12CCCC2. The maximum Gasteiger partial charge on any atom is 0.236 e. The van der Waals surface area contributed by atoms with Crippen LogP contribution in [0, 0.1) is 11.3 Å². The number of carbonyl (C=O) groups is 1. The molecule has 0 aromatic carbocycles. The number of nitrogens with one attached hydrogen (secondary N) is 1. The van der Waals surface area contributed by atoms with E-state index in [2.05, 4.69) is 5.32 Å². The van der Waals surface area contributed by atoms with Crippen molar-refractivity contribution >= 4 is 5.91 Å². The van der Waals surface area contributed by atoms with Crippen LogP contribution < -0.4 is 11.1 Å². The van der Waals surface area contributed by atoms with Gasteiger partial charge in [-0.05, 0) is 26.2 Å². The van der Waals surface area contributed by atoms with Gasteiger partial charge in [0.1, 0.15) is 0 Å². The van der Waals surface area contributed by atoms with Gasteiger partial charge in [0.15, 0.2) is 0 Å². The molecule has 17 heavy (non-hydrogen) atoms. The Bertz CT molecular complexity index is 323. The molecule has 3 N–H and O–H groups in total. The fourth-order valence-corrected chi connectivity index (χ4v) is 4.19. The molecule has 4 unspecified atom stereocenters. The van der Waals surface area contributed by atoms with Crippen LogP contribution in [-0.2, 0) is 9.53 Å². The molecule has 1 heterocycles. The number of ether oxygens (including phenoxy) is 1. The monoisotopic (exact) mass is 238 g/mol. The molecule has 96 valence electrons. The molecule has 1 saturated heterocycles. The zero-order chi connectivity index (χ0) is 12.0. The van der Waals surface area contributed by atoms with Gasteiger partial charge >= 0.3 is 0 Å². The maximum atomic E-state index is 11.8. The van der Waals surface area contributed by atoms with Crippen molar-refractivity contribution < 1.29 is 9.53 Å². The molecule has 3 fully saturated rings. The predicted molar refractivity (Wildman–Crippen MR) is 64.3 cm³/mol. The largest absolute Gasteiger partial charge is 0.377 e. The topological polar surface area (TPSA) is 64.4 Å². The first kappa shape index (κ1) is 11.5. The Hall–Kier alpha value is -0.610. The fraction of sp³-hybridized carbons (Fsp3) is 0.923. The summed E-state index contributed by atoms with van der Waals surface area (Å²) in [5.74, 6) is 0.530. The van der Waals surface area contributed by atoms with Crippen LogP contribution in [0.1, 0.15) is 39.0 Å². The second-order valence-corrected chi connectivity index (χ2v) is 5.96. The van der Waals surface area contributed by atoms with Crippen LogP contribution in [0.4, 0.5) is 0 Å². The van der Waals surface area contributed by atoms with E-state index in [0.717, 1.165) is 13.0 Å². The van der Waals surface area contributed by atoms with Gasteiger partial charge in [0.05, 0.1) is 12.1 Å². The van der Waals surface area contributed by atoms with E-state index < -0.39 is 6.04 Å². The molecule has 4 heteroatoms. The average molecular weight is 238 g/mol. The molecule has 1 aliphatic heterocycles. The van der Waals surface area contributed by atoms with Gasteiger partial charge in [0.2, 0.25) is 5.91 Å². The van der Waals surface area contributed by atoms with E-state index in [1.54, 1.807) is 6.92 Å². The lowest BCUT2D eigenvalue weighted by Crippen LogP contribution is -2.69. The van der Waals surface area contributed by atoms with Gasteiger partial charge < -0.3 is 15.8 Å². The lowest BCUT2D eigenvalue weighted by Gasteiger charge is -2.56. The van der Waals surface area contributed by atoms with Crippen molar-refractivity contribution in [2.75, 3.05) is 6.61 Å². The first-order valence-electron chi connectivity index (χ1n) is 6.83. The highest BCUT2D eigenvalue weighted by Gasteiger charge is 2.65.